The van der Waals surface area contributed by atoms with E-state index in [1.807, 2.05) is 0 Å². The Balaban J connectivity index is 2.00. The molecule has 24 heavy (non-hydrogen) atoms. The summed E-state index contributed by atoms with van der Waals surface area (Å²) in [5.41, 5.74) is 0.387. The van der Waals surface area contributed by atoms with Gasteiger partial charge in [0, 0.05) is 7.05 Å². The van der Waals surface area contributed by atoms with Gasteiger partial charge in [-0.25, -0.2) is 9.59 Å². The van der Waals surface area contributed by atoms with Crippen molar-refractivity contribution in [2.45, 2.75) is 19.4 Å². The minimum Gasteiger partial charge on any atom is -0.464 e. The lowest BCUT2D eigenvalue weighted by Crippen LogP contribution is -2.67. The first kappa shape index (κ1) is 18.0. The second-order valence-electron chi connectivity index (χ2n) is 6.23. The number of esters is 1. The molecule has 3 amide bonds. The third kappa shape index (κ3) is 3.14. The molecule has 2 rings (SSSR count). The number of nitrogens with zero attached hydrogens (tertiary/aromatic N) is 3. The minimum atomic E-state index is -0.555. The van der Waals surface area contributed by atoms with E-state index >= 15 is 0 Å². The monoisotopic (exact) mass is 337 g/mol. The number of ether oxygens (including phenoxy) is 2. The minimum absolute atomic E-state index is 0.189. The predicted octanol–water partition coefficient (Wildman–Crippen LogP) is 0.562. The molecule has 2 fully saturated rings. The maximum atomic E-state index is 12.6. The van der Waals surface area contributed by atoms with Crippen LogP contribution in [0.5, 0.6) is 0 Å². The number of amides is 3. The number of hydrogen-bond donors (Lipinski definition) is 0. The van der Waals surface area contributed by atoms with Crippen molar-refractivity contribution in [3.63, 3.8) is 0 Å². The molecular formula is C16H23N3O5. The fraction of sp³-hybridized carbons (Fsp3) is 0.562. The van der Waals surface area contributed by atoms with Crippen LogP contribution in [0.3, 0.4) is 0 Å². The number of hydrogen-bond acceptors (Lipinski definition) is 5. The van der Waals surface area contributed by atoms with Crippen molar-refractivity contribution in [1.82, 2.24) is 14.7 Å². The molecule has 2 aliphatic heterocycles. The Hall–Kier alpha value is -2.35. The number of likely N-dealkylation sites (tertiary alicyclic amines) is 1. The first-order valence-corrected chi connectivity index (χ1v) is 7.58. The number of allylic oxidation sites excluding steroid dienone is 1. The van der Waals surface area contributed by atoms with Crippen LogP contribution in [0.2, 0.25) is 0 Å². The van der Waals surface area contributed by atoms with E-state index < -0.39 is 11.6 Å². The molecular weight excluding hydrogens is 314 g/mol. The molecule has 132 valence electrons. The zero-order valence-electron chi connectivity index (χ0n) is 14.5. The maximum absolute atomic E-state index is 12.6. The maximum Gasteiger partial charge on any atom is 0.354 e. The van der Waals surface area contributed by atoms with Crippen LogP contribution in [0.1, 0.15) is 13.8 Å². The molecule has 0 N–H and O–H groups in total. The van der Waals surface area contributed by atoms with Crippen LogP contribution in [-0.2, 0) is 19.1 Å². The lowest BCUT2D eigenvalue weighted by atomic mass is 9.94. The van der Waals surface area contributed by atoms with E-state index in [2.05, 4.69) is 6.58 Å². The molecule has 0 radical (unpaired) electrons. The van der Waals surface area contributed by atoms with E-state index in [1.54, 1.807) is 23.6 Å². The Morgan fingerprint density at radius 1 is 1.21 bits per heavy atom. The Bertz CT molecular complexity index is 603. The highest BCUT2D eigenvalue weighted by atomic mass is 16.5. The van der Waals surface area contributed by atoms with E-state index in [9.17, 15) is 14.4 Å². The smallest absolute Gasteiger partial charge is 0.354 e. The molecule has 0 aliphatic carbocycles. The number of urea groups is 1. The molecule has 2 heterocycles. The quantitative estimate of drug-likeness (QED) is 0.555. The highest BCUT2D eigenvalue weighted by Crippen LogP contribution is 2.32. The number of carbonyl (C=O) groups is 3. The molecule has 2 aliphatic rings. The lowest BCUT2D eigenvalue weighted by Gasteiger charge is -2.47. The highest BCUT2D eigenvalue weighted by Gasteiger charge is 2.52. The largest absolute Gasteiger partial charge is 0.464 e. The van der Waals surface area contributed by atoms with Crippen molar-refractivity contribution in [3.8, 4) is 0 Å². The summed E-state index contributed by atoms with van der Waals surface area (Å²) in [6, 6.07) is -0.306. The zero-order valence-corrected chi connectivity index (χ0v) is 14.5. The Labute approximate surface area is 141 Å². The third-order valence-corrected chi connectivity index (χ3v) is 4.20. The van der Waals surface area contributed by atoms with Gasteiger partial charge < -0.3 is 19.3 Å². The van der Waals surface area contributed by atoms with Crippen molar-refractivity contribution in [2.75, 3.05) is 40.5 Å². The molecule has 8 nitrogen and oxygen atoms in total. The van der Waals surface area contributed by atoms with Crippen LogP contribution in [0.4, 0.5) is 4.79 Å². The van der Waals surface area contributed by atoms with Crippen molar-refractivity contribution in [1.29, 1.82) is 0 Å². The summed E-state index contributed by atoms with van der Waals surface area (Å²) in [6.45, 7) is 8.31. The van der Waals surface area contributed by atoms with Crippen molar-refractivity contribution >= 4 is 17.9 Å². The molecule has 0 bridgehead atoms. The van der Waals surface area contributed by atoms with E-state index in [1.165, 1.54) is 25.1 Å². The molecule has 0 aromatic carbocycles. The first-order valence-electron chi connectivity index (χ1n) is 7.58. The summed E-state index contributed by atoms with van der Waals surface area (Å²) >= 11 is 0. The van der Waals surface area contributed by atoms with Gasteiger partial charge in [0.2, 0.25) is 5.91 Å². The standard InChI is InChI=1S/C16H23N3O5/c1-6-12(20)19-9-16(24-10-19)7-18(8-16)15(22)17(4)13(11(2)3)14(21)23-5/h6H,1,7-10H2,2-5H3. The van der Waals surface area contributed by atoms with Crippen molar-refractivity contribution in [2.24, 2.45) is 0 Å². The summed E-state index contributed by atoms with van der Waals surface area (Å²) in [5, 5.41) is 0. The summed E-state index contributed by atoms with van der Waals surface area (Å²) in [6.07, 6.45) is 1.25. The van der Waals surface area contributed by atoms with E-state index in [-0.39, 0.29) is 24.4 Å². The van der Waals surface area contributed by atoms with Crippen molar-refractivity contribution < 1.29 is 23.9 Å². The van der Waals surface area contributed by atoms with Crippen LogP contribution in [0.15, 0.2) is 23.9 Å². The summed E-state index contributed by atoms with van der Waals surface area (Å²) in [7, 11) is 2.81. The van der Waals surface area contributed by atoms with E-state index in [0.717, 1.165) is 0 Å². The molecule has 0 atom stereocenters. The molecule has 2 saturated heterocycles. The van der Waals surface area contributed by atoms with Gasteiger partial charge in [0.05, 0.1) is 26.7 Å². The van der Waals surface area contributed by atoms with Crippen LogP contribution < -0.4 is 0 Å². The molecule has 0 saturated carbocycles. The molecule has 0 aromatic rings. The summed E-state index contributed by atoms with van der Waals surface area (Å²) < 4.78 is 10.4. The summed E-state index contributed by atoms with van der Waals surface area (Å²) in [4.78, 5) is 40.5. The lowest BCUT2D eigenvalue weighted by molar-refractivity contribution is -0.137. The Morgan fingerprint density at radius 2 is 1.79 bits per heavy atom. The van der Waals surface area contributed by atoms with Gasteiger partial charge in [0.1, 0.15) is 18.0 Å². The Kier molecular flexibility index (Phi) is 4.98. The average molecular weight is 337 g/mol. The van der Waals surface area contributed by atoms with Crippen molar-refractivity contribution in [3.05, 3.63) is 23.9 Å². The summed E-state index contributed by atoms with van der Waals surface area (Å²) in [5.74, 6) is -0.743. The second kappa shape index (κ2) is 6.64. The fourth-order valence-corrected chi connectivity index (χ4v) is 2.98. The third-order valence-electron chi connectivity index (χ3n) is 4.20. The molecule has 1 spiro atoms. The SMILES string of the molecule is C=CC(=O)N1COC2(C1)CN(C(=O)N(C)C(C(=O)OC)=C(C)C)C2. The first-order chi connectivity index (χ1) is 11.2. The van der Waals surface area contributed by atoms with Gasteiger partial charge in [-0.2, -0.15) is 0 Å². The van der Waals surface area contributed by atoms with Gasteiger partial charge in [-0.3, -0.25) is 9.69 Å². The normalized spacial score (nSPS) is 18.0. The van der Waals surface area contributed by atoms with Crippen LogP contribution in [0.25, 0.3) is 0 Å². The second-order valence-corrected chi connectivity index (χ2v) is 6.23. The van der Waals surface area contributed by atoms with Gasteiger partial charge in [-0.05, 0) is 25.5 Å². The number of likely N-dealkylation sites (N-methyl/N-ethyl adjacent to an activating group) is 1. The van der Waals surface area contributed by atoms with E-state index in [4.69, 9.17) is 9.47 Å². The number of methoxy groups -OCH3 is 1. The average Bonchev–Trinajstić information content (AvgIpc) is 2.97. The molecule has 8 heteroatoms. The van der Waals surface area contributed by atoms with Crippen LogP contribution in [0, 0.1) is 0 Å². The topological polar surface area (TPSA) is 79.4 Å². The van der Waals surface area contributed by atoms with Crippen LogP contribution >= 0.6 is 0 Å². The van der Waals surface area contributed by atoms with Crippen LogP contribution in [-0.4, -0.2) is 78.7 Å². The van der Waals surface area contributed by atoms with Gasteiger partial charge >= 0.3 is 12.0 Å². The van der Waals surface area contributed by atoms with Gasteiger partial charge in [0.25, 0.3) is 0 Å². The molecule has 0 unspecified atom stereocenters. The van der Waals surface area contributed by atoms with Gasteiger partial charge in [0.15, 0.2) is 0 Å². The number of carbonyl (C=O) groups excluding carboxylic acids is 3. The fourth-order valence-electron chi connectivity index (χ4n) is 2.98. The predicted molar refractivity (Wildman–Crippen MR) is 85.7 cm³/mol. The molecule has 0 aromatic heterocycles. The zero-order chi connectivity index (χ0) is 18.1. The Morgan fingerprint density at radius 3 is 2.29 bits per heavy atom. The van der Waals surface area contributed by atoms with E-state index in [0.29, 0.717) is 25.2 Å². The highest BCUT2D eigenvalue weighted by molar-refractivity contribution is 5.94. The number of rotatable bonds is 3. The van der Waals surface area contributed by atoms with Gasteiger partial charge in [-0.1, -0.05) is 6.58 Å². The van der Waals surface area contributed by atoms with Gasteiger partial charge in [-0.15, -0.1) is 0 Å².